The van der Waals surface area contributed by atoms with Gasteiger partial charge in [0, 0.05) is 11.5 Å². The topological polar surface area (TPSA) is 76.6 Å². The summed E-state index contributed by atoms with van der Waals surface area (Å²) in [4.78, 5) is 29.2. The van der Waals surface area contributed by atoms with E-state index in [1.165, 1.54) is 4.90 Å². The van der Waals surface area contributed by atoms with Crippen LogP contribution in [0.3, 0.4) is 0 Å². The molecule has 5 aromatic rings. The Balaban J connectivity index is 1.63. The van der Waals surface area contributed by atoms with Crippen LogP contribution < -0.4 is 10.3 Å². The number of nitrogens with zero attached hydrogens (tertiary/aromatic N) is 2. The fourth-order valence-electron chi connectivity index (χ4n) is 4.88. The lowest BCUT2D eigenvalue weighted by atomic mass is 9.86. The minimum absolute atomic E-state index is 0.0267. The Morgan fingerprint density at radius 1 is 0.914 bits per heavy atom. The van der Waals surface area contributed by atoms with E-state index in [9.17, 15) is 9.59 Å². The maximum absolute atomic E-state index is 13.9. The van der Waals surface area contributed by atoms with E-state index in [2.05, 4.69) is 25.9 Å². The van der Waals surface area contributed by atoms with E-state index in [0.717, 1.165) is 21.9 Å². The van der Waals surface area contributed by atoms with Crippen LogP contribution in [0.1, 0.15) is 59.8 Å². The molecule has 0 unspecified atom stereocenters. The van der Waals surface area contributed by atoms with E-state index in [1.54, 1.807) is 19.1 Å². The summed E-state index contributed by atoms with van der Waals surface area (Å²) >= 11 is 0. The Morgan fingerprint density at radius 3 is 2.34 bits per heavy atom. The number of aromatic nitrogens is 1. The number of fused-ring (bicyclic) bond motifs is 4. The number of amides is 1. The lowest BCUT2D eigenvalue weighted by Gasteiger charge is -2.24. The predicted molar refractivity (Wildman–Crippen MR) is 135 cm³/mol. The molecule has 0 saturated carbocycles. The highest BCUT2D eigenvalue weighted by Gasteiger charge is 2.45. The fourth-order valence-corrected chi connectivity index (χ4v) is 4.88. The molecule has 1 aliphatic rings. The number of anilines is 1. The van der Waals surface area contributed by atoms with Crippen LogP contribution in [0.2, 0.25) is 0 Å². The van der Waals surface area contributed by atoms with Crippen molar-refractivity contribution in [2.24, 2.45) is 0 Å². The molecule has 1 aliphatic heterocycles. The van der Waals surface area contributed by atoms with Gasteiger partial charge in [0.1, 0.15) is 11.3 Å². The van der Waals surface area contributed by atoms with Crippen LogP contribution in [-0.4, -0.2) is 11.1 Å². The molecule has 0 aliphatic carbocycles. The summed E-state index contributed by atoms with van der Waals surface area (Å²) in [5.41, 5.74) is 2.46. The number of benzene rings is 3. The zero-order valence-corrected chi connectivity index (χ0v) is 20.0. The molecule has 3 aromatic carbocycles. The maximum atomic E-state index is 13.9. The van der Waals surface area contributed by atoms with Gasteiger partial charge in [-0.1, -0.05) is 80.5 Å². The van der Waals surface area contributed by atoms with Crippen molar-refractivity contribution in [3.05, 3.63) is 105 Å². The van der Waals surface area contributed by atoms with Gasteiger partial charge >= 0.3 is 0 Å². The van der Waals surface area contributed by atoms with Crippen LogP contribution in [0.5, 0.6) is 0 Å². The summed E-state index contributed by atoms with van der Waals surface area (Å²) in [6, 6.07) is 20.4. The van der Waals surface area contributed by atoms with Crippen molar-refractivity contribution in [3.8, 4) is 0 Å². The molecule has 0 spiro atoms. The molecule has 6 rings (SSSR count). The second kappa shape index (κ2) is 7.40. The average Bonchev–Trinajstić information content (AvgIpc) is 3.39. The first-order valence-electron chi connectivity index (χ1n) is 11.6. The van der Waals surface area contributed by atoms with Gasteiger partial charge in [0.25, 0.3) is 5.91 Å². The van der Waals surface area contributed by atoms with Crippen molar-refractivity contribution in [2.45, 2.75) is 39.2 Å². The van der Waals surface area contributed by atoms with Crippen molar-refractivity contribution in [2.75, 3.05) is 4.90 Å². The smallest absolute Gasteiger partial charge is 0.296 e. The lowest BCUT2D eigenvalue weighted by Crippen LogP contribution is -2.29. The number of carbonyl (C=O) groups is 1. The van der Waals surface area contributed by atoms with Gasteiger partial charge in [-0.25, -0.2) is 0 Å². The van der Waals surface area contributed by atoms with Crippen LogP contribution in [-0.2, 0) is 5.41 Å². The standard InChI is InChI=1S/C29H24N2O4/c1-16-15-22(30-35-16)31-24(18-9-12-19(13-10-18)29(2,3)4)23-25(32)21-14-11-17-7-5-6-8-20(17)26(21)34-27(23)28(31)33/h5-15,24H,1-4H3/t24-/m0/s1. The second-order valence-electron chi connectivity index (χ2n) is 10.1. The molecule has 6 nitrogen and oxygen atoms in total. The summed E-state index contributed by atoms with van der Waals surface area (Å²) < 4.78 is 11.5. The largest absolute Gasteiger partial charge is 0.450 e. The molecule has 6 heteroatoms. The van der Waals surface area contributed by atoms with Crippen molar-refractivity contribution < 1.29 is 13.7 Å². The summed E-state index contributed by atoms with van der Waals surface area (Å²) in [6.07, 6.45) is 0. The molecule has 0 N–H and O–H groups in total. The molecule has 2 aromatic heterocycles. The van der Waals surface area contributed by atoms with Gasteiger partial charge in [-0.15, -0.1) is 0 Å². The highest BCUT2D eigenvalue weighted by atomic mass is 16.5. The van der Waals surface area contributed by atoms with E-state index in [0.29, 0.717) is 28.1 Å². The van der Waals surface area contributed by atoms with E-state index in [1.807, 2.05) is 54.6 Å². The molecule has 0 bridgehead atoms. The molecular weight excluding hydrogens is 440 g/mol. The van der Waals surface area contributed by atoms with E-state index in [4.69, 9.17) is 8.94 Å². The van der Waals surface area contributed by atoms with Gasteiger partial charge in [0.2, 0.25) is 5.76 Å². The zero-order valence-electron chi connectivity index (χ0n) is 20.0. The minimum atomic E-state index is -0.678. The first kappa shape index (κ1) is 21.4. The molecule has 0 fully saturated rings. The van der Waals surface area contributed by atoms with Gasteiger partial charge in [-0.3, -0.25) is 14.5 Å². The maximum Gasteiger partial charge on any atom is 0.296 e. The lowest BCUT2D eigenvalue weighted by molar-refractivity contribution is 0.0969. The van der Waals surface area contributed by atoms with Gasteiger partial charge in [0.05, 0.1) is 17.0 Å². The molecule has 0 saturated heterocycles. The molecular formula is C29H24N2O4. The molecule has 0 radical (unpaired) electrons. The third kappa shape index (κ3) is 3.21. The van der Waals surface area contributed by atoms with Crippen molar-refractivity contribution in [1.29, 1.82) is 0 Å². The zero-order chi connectivity index (χ0) is 24.5. The van der Waals surface area contributed by atoms with Crippen molar-refractivity contribution >= 4 is 33.5 Å². The number of rotatable bonds is 2. The minimum Gasteiger partial charge on any atom is -0.450 e. The van der Waals surface area contributed by atoms with Crippen LogP contribution in [0.15, 0.2) is 80.5 Å². The van der Waals surface area contributed by atoms with Gasteiger partial charge in [-0.05, 0) is 34.9 Å². The Morgan fingerprint density at radius 2 is 1.66 bits per heavy atom. The van der Waals surface area contributed by atoms with Gasteiger partial charge in [0.15, 0.2) is 11.2 Å². The van der Waals surface area contributed by atoms with Crippen molar-refractivity contribution in [3.63, 3.8) is 0 Å². The summed E-state index contributed by atoms with van der Waals surface area (Å²) in [6.45, 7) is 8.20. The quantitative estimate of drug-likeness (QED) is 0.287. The summed E-state index contributed by atoms with van der Waals surface area (Å²) in [5.74, 6) is 0.549. The molecule has 174 valence electrons. The normalized spacial score (nSPS) is 15.8. The number of carbonyl (C=O) groups excluding carboxylic acids is 1. The Bertz CT molecular complexity index is 1690. The molecule has 3 heterocycles. The van der Waals surface area contributed by atoms with Crippen LogP contribution >= 0.6 is 0 Å². The molecule has 1 atom stereocenters. The first-order chi connectivity index (χ1) is 16.7. The highest BCUT2D eigenvalue weighted by Crippen LogP contribution is 2.42. The Hall–Kier alpha value is -4.19. The highest BCUT2D eigenvalue weighted by molar-refractivity contribution is 6.12. The van der Waals surface area contributed by atoms with Crippen LogP contribution in [0, 0.1) is 6.92 Å². The van der Waals surface area contributed by atoms with Crippen LogP contribution in [0.4, 0.5) is 5.82 Å². The third-order valence-electron chi connectivity index (χ3n) is 6.72. The summed E-state index contributed by atoms with van der Waals surface area (Å²) in [5, 5.41) is 6.28. The predicted octanol–water partition coefficient (Wildman–Crippen LogP) is 6.29. The van der Waals surface area contributed by atoms with Crippen LogP contribution in [0.25, 0.3) is 21.7 Å². The monoisotopic (exact) mass is 464 g/mol. The van der Waals surface area contributed by atoms with E-state index >= 15 is 0 Å². The fraction of sp³-hybridized carbons (Fsp3) is 0.207. The molecule has 1 amide bonds. The SMILES string of the molecule is Cc1cc(N2C(=O)c3oc4c(ccc5ccccc54)c(=O)c3[C@@H]2c2ccc(C(C)(C)C)cc2)no1. The van der Waals surface area contributed by atoms with E-state index < -0.39 is 11.9 Å². The van der Waals surface area contributed by atoms with Gasteiger partial charge in [-0.2, -0.15) is 0 Å². The van der Waals surface area contributed by atoms with Crippen molar-refractivity contribution in [1.82, 2.24) is 5.16 Å². The Labute approximate surface area is 201 Å². The second-order valence-corrected chi connectivity index (χ2v) is 10.1. The van der Waals surface area contributed by atoms with Gasteiger partial charge < -0.3 is 8.94 Å². The number of aryl methyl sites for hydroxylation is 1. The summed E-state index contributed by atoms with van der Waals surface area (Å²) in [7, 11) is 0. The molecule has 35 heavy (non-hydrogen) atoms. The Kier molecular flexibility index (Phi) is 4.52. The first-order valence-corrected chi connectivity index (χ1v) is 11.6. The third-order valence-corrected chi connectivity index (χ3v) is 6.72. The number of hydrogen-bond acceptors (Lipinski definition) is 5. The average molecular weight is 465 g/mol. The van der Waals surface area contributed by atoms with E-state index in [-0.39, 0.29) is 16.6 Å². The number of hydrogen-bond donors (Lipinski definition) is 0.